The Morgan fingerprint density at radius 1 is 1.19 bits per heavy atom. The molecule has 2 aromatic heterocycles. The van der Waals surface area contributed by atoms with E-state index in [0.717, 1.165) is 23.4 Å². The van der Waals surface area contributed by atoms with Crippen LogP contribution >= 0.6 is 0 Å². The smallest absolute Gasteiger partial charge is 0.271 e. The molecule has 0 unspecified atom stereocenters. The highest BCUT2D eigenvalue weighted by molar-refractivity contribution is 5.88. The number of allylic oxidation sites excluding steroid dienone is 1. The summed E-state index contributed by atoms with van der Waals surface area (Å²) in [6.45, 7) is 1.13. The summed E-state index contributed by atoms with van der Waals surface area (Å²) in [5.41, 5.74) is 3.32. The zero-order valence-corrected chi connectivity index (χ0v) is 17.3. The van der Waals surface area contributed by atoms with Crippen LogP contribution in [-0.2, 0) is 11.2 Å². The van der Waals surface area contributed by atoms with Crippen molar-refractivity contribution in [2.45, 2.75) is 12.5 Å². The maximum absolute atomic E-state index is 12.3. The van der Waals surface area contributed by atoms with Gasteiger partial charge in [-0.25, -0.2) is 4.98 Å². The van der Waals surface area contributed by atoms with Gasteiger partial charge in [0, 0.05) is 38.1 Å². The molecule has 0 bridgehead atoms. The van der Waals surface area contributed by atoms with Crippen LogP contribution in [-0.4, -0.2) is 47.0 Å². The highest BCUT2D eigenvalue weighted by atomic mass is 16.2. The first-order valence-electron chi connectivity index (χ1n) is 10.2. The topological polar surface area (TPSA) is 90.1 Å². The molecule has 0 spiro atoms. The van der Waals surface area contributed by atoms with Gasteiger partial charge in [0.1, 0.15) is 11.5 Å². The van der Waals surface area contributed by atoms with E-state index in [0.29, 0.717) is 18.8 Å². The summed E-state index contributed by atoms with van der Waals surface area (Å²) < 4.78 is 0. The van der Waals surface area contributed by atoms with Crippen LogP contribution in [0.2, 0.25) is 0 Å². The highest BCUT2D eigenvalue weighted by Gasteiger charge is 2.29. The summed E-state index contributed by atoms with van der Waals surface area (Å²) in [4.78, 5) is 33.3. The summed E-state index contributed by atoms with van der Waals surface area (Å²) >= 11 is 0. The number of H-pyrrole nitrogens is 1. The zero-order chi connectivity index (χ0) is 21.6. The molecule has 1 saturated heterocycles. The zero-order valence-electron chi connectivity index (χ0n) is 17.3. The molecule has 3 N–H and O–H groups in total. The molecular weight excluding hydrogens is 390 g/mol. The second kappa shape index (κ2) is 9.30. The van der Waals surface area contributed by atoms with E-state index >= 15 is 0 Å². The van der Waals surface area contributed by atoms with Gasteiger partial charge in [-0.2, -0.15) is 0 Å². The largest absolute Gasteiger partial charge is 0.374 e. The quantitative estimate of drug-likeness (QED) is 0.516. The molecule has 1 fully saturated rings. The molecule has 7 heteroatoms. The van der Waals surface area contributed by atoms with Crippen molar-refractivity contribution in [1.82, 2.24) is 14.9 Å². The number of carbonyl (C=O) groups is 1. The molecule has 1 aromatic carbocycles. The van der Waals surface area contributed by atoms with Gasteiger partial charge in [0.15, 0.2) is 0 Å². The number of carbonyl (C=O) groups excluding carboxylic acids is 1. The first-order chi connectivity index (χ1) is 15.1. The minimum absolute atomic E-state index is 0.00646. The van der Waals surface area contributed by atoms with Gasteiger partial charge in [-0.15, -0.1) is 0 Å². The van der Waals surface area contributed by atoms with Gasteiger partial charge in [0.2, 0.25) is 5.91 Å². The second-order valence-electron chi connectivity index (χ2n) is 7.49. The third-order valence-corrected chi connectivity index (χ3v) is 5.26. The molecule has 1 amide bonds. The minimum Gasteiger partial charge on any atom is -0.374 e. The van der Waals surface area contributed by atoms with Crippen molar-refractivity contribution < 1.29 is 4.79 Å². The second-order valence-corrected chi connectivity index (χ2v) is 7.49. The lowest BCUT2D eigenvalue weighted by Crippen LogP contribution is -2.57. The monoisotopic (exact) mass is 415 g/mol. The number of hydrogen-bond acceptors (Lipinski definition) is 5. The van der Waals surface area contributed by atoms with Crippen LogP contribution in [0.3, 0.4) is 0 Å². The molecule has 3 heterocycles. The molecule has 0 aliphatic carbocycles. The van der Waals surface area contributed by atoms with Crippen LogP contribution in [0, 0.1) is 0 Å². The number of nitrogens with one attached hydrogen (secondary N) is 3. The number of aromatic amines is 1. The Morgan fingerprint density at radius 3 is 2.77 bits per heavy atom. The summed E-state index contributed by atoms with van der Waals surface area (Å²) in [6, 6.07) is 15.7. The standard InChI is InChI=1S/C24H25N5O2/c1-25-22-13-18(10-11-26-22)19-12-21(24(31)27-14-19)28-20-15-29(16-20)23(30)9-5-8-17-6-3-2-4-7-17/h2-7,9-14,20,28H,8,15-16H2,1H3,(H,25,26)(H,27,31)/b9-5+. The Hall–Kier alpha value is -3.87. The van der Waals surface area contributed by atoms with Gasteiger partial charge in [-0.05, 0) is 41.8 Å². The molecule has 158 valence electrons. The lowest BCUT2D eigenvalue weighted by Gasteiger charge is -2.39. The molecule has 3 aromatic rings. The van der Waals surface area contributed by atoms with Gasteiger partial charge in [-0.3, -0.25) is 9.59 Å². The van der Waals surface area contributed by atoms with E-state index in [1.165, 1.54) is 5.56 Å². The average molecular weight is 415 g/mol. The van der Waals surface area contributed by atoms with E-state index in [1.54, 1.807) is 23.4 Å². The van der Waals surface area contributed by atoms with Gasteiger partial charge in [0.05, 0.1) is 6.04 Å². The van der Waals surface area contributed by atoms with Crippen LogP contribution in [0.1, 0.15) is 5.56 Å². The summed E-state index contributed by atoms with van der Waals surface area (Å²) in [6.07, 6.45) is 7.66. The van der Waals surface area contributed by atoms with Crippen LogP contribution in [0.25, 0.3) is 11.1 Å². The van der Waals surface area contributed by atoms with Gasteiger partial charge in [-0.1, -0.05) is 36.4 Å². The first-order valence-corrected chi connectivity index (χ1v) is 10.2. The van der Waals surface area contributed by atoms with E-state index in [2.05, 4.69) is 20.6 Å². The molecule has 0 atom stereocenters. The molecule has 31 heavy (non-hydrogen) atoms. The number of hydrogen-bond donors (Lipinski definition) is 3. The van der Waals surface area contributed by atoms with Crippen LogP contribution in [0.15, 0.2) is 77.9 Å². The predicted octanol–water partition coefficient (Wildman–Crippen LogP) is 2.90. The Kier molecular flexibility index (Phi) is 6.12. The number of pyridine rings is 2. The maximum Gasteiger partial charge on any atom is 0.271 e. The maximum atomic E-state index is 12.3. The molecule has 7 nitrogen and oxygen atoms in total. The lowest BCUT2D eigenvalue weighted by molar-refractivity contribution is -0.129. The van der Waals surface area contributed by atoms with Crippen LogP contribution in [0.4, 0.5) is 11.5 Å². The normalized spacial score (nSPS) is 13.8. The van der Waals surface area contributed by atoms with E-state index in [-0.39, 0.29) is 17.5 Å². The van der Waals surface area contributed by atoms with E-state index in [4.69, 9.17) is 0 Å². The fraction of sp³-hybridized carbons (Fsp3) is 0.208. The number of nitrogens with zero attached hydrogens (tertiary/aromatic N) is 2. The Bertz CT molecular complexity index is 1130. The van der Waals surface area contributed by atoms with Crippen molar-refractivity contribution >= 4 is 17.4 Å². The van der Waals surface area contributed by atoms with Gasteiger partial charge < -0.3 is 20.5 Å². The van der Waals surface area contributed by atoms with E-state index < -0.39 is 0 Å². The Balaban J connectivity index is 1.33. The molecular formula is C24H25N5O2. The van der Waals surface area contributed by atoms with Crippen molar-refractivity contribution in [3.05, 3.63) is 89.0 Å². The van der Waals surface area contributed by atoms with E-state index in [9.17, 15) is 9.59 Å². The lowest BCUT2D eigenvalue weighted by atomic mass is 10.1. The third-order valence-electron chi connectivity index (χ3n) is 5.26. The number of amides is 1. The van der Waals surface area contributed by atoms with Crippen molar-refractivity contribution in [2.24, 2.45) is 0 Å². The van der Waals surface area contributed by atoms with Gasteiger partial charge in [0.25, 0.3) is 5.56 Å². The first kappa shape index (κ1) is 20.4. The van der Waals surface area contributed by atoms with E-state index in [1.807, 2.05) is 61.7 Å². The highest BCUT2D eigenvalue weighted by Crippen LogP contribution is 2.22. The van der Waals surface area contributed by atoms with Crippen molar-refractivity contribution in [1.29, 1.82) is 0 Å². The fourth-order valence-corrected chi connectivity index (χ4v) is 3.49. The Labute approximate surface area is 180 Å². The van der Waals surface area contributed by atoms with Gasteiger partial charge >= 0.3 is 0 Å². The molecule has 0 radical (unpaired) electrons. The minimum atomic E-state index is -0.181. The van der Waals surface area contributed by atoms with Crippen molar-refractivity contribution in [3.63, 3.8) is 0 Å². The number of anilines is 2. The van der Waals surface area contributed by atoms with Crippen LogP contribution < -0.4 is 16.2 Å². The number of benzene rings is 1. The molecule has 1 aliphatic heterocycles. The number of aromatic nitrogens is 2. The SMILES string of the molecule is CNc1cc(-c2c[nH]c(=O)c(NC3CN(C(=O)/C=C/Cc4ccccc4)C3)c2)ccn1. The molecule has 0 saturated carbocycles. The molecule has 1 aliphatic rings. The van der Waals surface area contributed by atoms with Crippen molar-refractivity contribution in [2.75, 3.05) is 30.8 Å². The summed E-state index contributed by atoms with van der Waals surface area (Å²) in [5.74, 6) is 0.750. The number of likely N-dealkylation sites (tertiary alicyclic amines) is 1. The fourth-order valence-electron chi connectivity index (χ4n) is 3.49. The van der Waals surface area contributed by atoms with Crippen molar-refractivity contribution in [3.8, 4) is 11.1 Å². The summed E-state index contributed by atoms with van der Waals surface area (Å²) in [7, 11) is 1.81. The predicted molar refractivity (Wildman–Crippen MR) is 123 cm³/mol. The van der Waals surface area contributed by atoms with Crippen LogP contribution in [0.5, 0.6) is 0 Å². The Morgan fingerprint density at radius 2 is 2.00 bits per heavy atom. The third kappa shape index (κ3) is 5.01. The summed E-state index contributed by atoms with van der Waals surface area (Å²) in [5, 5.41) is 6.27. The average Bonchev–Trinajstić information content (AvgIpc) is 2.77. The molecule has 4 rings (SSSR count). The number of rotatable bonds is 7.